The highest BCUT2D eigenvalue weighted by molar-refractivity contribution is 8.18. The molecule has 7 nitrogen and oxygen atoms in total. The highest BCUT2D eigenvalue weighted by atomic mass is 32.2. The summed E-state index contributed by atoms with van der Waals surface area (Å²) in [5, 5.41) is 14.2. The van der Waals surface area contributed by atoms with Gasteiger partial charge < -0.3 is 0 Å². The zero-order chi connectivity index (χ0) is 23.2. The number of aromatic nitrogens is 1. The number of thiazole rings is 1. The van der Waals surface area contributed by atoms with Crippen LogP contribution in [0.5, 0.6) is 0 Å². The van der Waals surface area contributed by atoms with E-state index in [4.69, 9.17) is 0 Å². The molecule has 0 unspecified atom stereocenters. The van der Waals surface area contributed by atoms with Crippen molar-refractivity contribution in [3.63, 3.8) is 0 Å². The van der Waals surface area contributed by atoms with Gasteiger partial charge in [0.2, 0.25) is 5.13 Å². The van der Waals surface area contributed by atoms with Crippen molar-refractivity contribution in [2.75, 3.05) is 6.54 Å². The molecule has 33 heavy (non-hydrogen) atoms. The summed E-state index contributed by atoms with van der Waals surface area (Å²) in [6.45, 7) is 4.04. The summed E-state index contributed by atoms with van der Waals surface area (Å²) in [5.74, 6) is -0.203. The van der Waals surface area contributed by atoms with Crippen LogP contribution in [-0.2, 0) is 4.79 Å². The van der Waals surface area contributed by atoms with Gasteiger partial charge in [0.1, 0.15) is 0 Å². The van der Waals surface area contributed by atoms with Gasteiger partial charge in [0.05, 0.1) is 21.1 Å². The molecule has 1 aromatic heterocycles. The van der Waals surface area contributed by atoms with E-state index in [2.05, 4.69) is 16.6 Å². The van der Waals surface area contributed by atoms with E-state index in [1.807, 2.05) is 35.7 Å². The minimum Gasteiger partial charge on any atom is -0.282 e. The molecule has 1 aliphatic heterocycles. The number of hydrogen-bond acceptors (Lipinski definition) is 7. The Balaban J connectivity index is 1.58. The molecule has 1 amide bonds. The van der Waals surface area contributed by atoms with Crippen LogP contribution >= 0.6 is 23.1 Å². The Bertz CT molecular complexity index is 1300. The first-order valence-electron chi connectivity index (χ1n) is 9.89. The smallest absolute Gasteiger partial charge is 0.276 e. The van der Waals surface area contributed by atoms with Crippen LogP contribution in [0.2, 0.25) is 0 Å². The Kier molecular flexibility index (Phi) is 6.92. The van der Waals surface area contributed by atoms with Crippen LogP contribution in [-0.4, -0.2) is 32.4 Å². The molecule has 0 N–H and O–H groups in total. The molecule has 0 radical (unpaired) electrons. The Morgan fingerprint density at radius 1 is 1.15 bits per heavy atom. The molecule has 2 heterocycles. The third-order valence-corrected chi connectivity index (χ3v) is 6.37. The number of allylic oxidation sites excluding steroid dienone is 2. The van der Waals surface area contributed by atoms with E-state index in [0.29, 0.717) is 27.3 Å². The van der Waals surface area contributed by atoms with Crippen molar-refractivity contribution in [1.82, 2.24) is 9.88 Å². The van der Waals surface area contributed by atoms with Crippen LogP contribution in [0.15, 0.2) is 94.7 Å². The number of rotatable bonds is 7. The molecule has 0 bridgehead atoms. The van der Waals surface area contributed by atoms with Crippen molar-refractivity contribution in [3.05, 3.63) is 105 Å². The fraction of sp³-hybridized carbons (Fsp3) is 0.0417. The van der Waals surface area contributed by atoms with E-state index in [1.54, 1.807) is 42.5 Å². The lowest BCUT2D eigenvalue weighted by Gasteiger charge is -2.11. The quantitative estimate of drug-likeness (QED) is 0.180. The van der Waals surface area contributed by atoms with E-state index in [0.717, 1.165) is 11.3 Å². The maximum atomic E-state index is 12.9. The predicted molar refractivity (Wildman–Crippen MR) is 134 cm³/mol. The van der Waals surface area contributed by atoms with E-state index >= 15 is 0 Å². The number of hydrogen-bond donors (Lipinski definition) is 0. The lowest BCUT2D eigenvalue weighted by molar-refractivity contribution is -0.385. The third kappa shape index (κ3) is 5.16. The number of nitro groups is 1. The molecule has 1 saturated heterocycles. The Hall–Kier alpha value is -3.82. The van der Waals surface area contributed by atoms with Crippen molar-refractivity contribution in [2.45, 2.75) is 0 Å². The maximum Gasteiger partial charge on any atom is 0.276 e. The summed E-state index contributed by atoms with van der Waals surface area (Å²) in [6, 6.07) is 16.2. The largest absolute Gasteiger partial charge is 0.282 e. The highest BCUT2D eigenvalue weighted by Gasteiger charge is 2.32. The zero-order valence-electron chi connectivity index (χ0n) is 17.3. The van der Waals surface area contributed by atoms with Crippen LogP contribution < -0.4 is 0 Å². The molecule has 4 rings (SSSR count). The Morgan fingerprint density at radius 3 is 2.67 bits per heavy atom. The fourth-order valence-electron chi connectivity index (χ4n) is 3.07. The molecule has 164 valence electrons. The number of amidine groups is 1. The number of carbonyl (C=O) groups excluding carboxylic acids is 1. The third-order valence-electron chi connectivity index (χ3n) is 4.61. The van der Waals surface area contributed by atoms with Crippen LogP contribution in [0.3, 0.4) is 0 Å². The van der Waals surface area contributed by atoms with Gasteiger partial charge >= 0.3 is 0 Å². The summed E-state index contributed by atoms with van der Waals surface area (Å²) in [4.78, 5) is 34.8. The topological polar surface area (TPSA) is 88.7 Å². The minimum atomic E-state index is -0.434. The normalized spacial score (nSPS) is 16.2. The highest BCUT2D eigenvalue weighted by Crippen LogP contribution is 2.34. The van der Waals surface area contributed by atoms with E-state index < -0.39 is 4.92 Å². The maximum absolute atomic E-state index is 12.9. The number of nitro benzene ring substituents is 1. The second-order valence-electron chi connectivity index (χ2n) is 6.79. The molecular weight excluding hydrogens is 456 g/mol. The first-order chi connectivity index (χ1) is 16.1. The van der Waals surface area contributed by atoms with Gasteiger partial charge in [0.25, 0.3) is 11.6 Å². The summed E-state index contributed by atoms with van der Waals surface area (Å²) in [6.07, 6.45) is 6.52. The SMILES string of the molecule is C=CCN1C(=O)/C(=C/C=C/c2ccccc2[N+](=O)[O-])S/C1=N/c1nc(-c2ccccc2)cs1. The van der Waals surface area contributed by atoms with Gasteiger partial charge in [-0.1, -0.05) is 54.6 Å². The van der Waals surface area contributed by atoms with E-state index in [1.165, 1.54) is 34.1 Å². The molecule has 1 aliphatic rings. The van der Waals surface area contributed by atoms with Crippen molar-refractivity contribution < 1.29 is 9.72 Å². The first kappa shape index (κ1) is 22.4. The van der Waals surface area contributed by atoms with Crippen molar-refractivity contribution >= 4 is 51.1 Å². The number of thioether (sulfide) groups is 1. The van der Waals surface area contributed by atoms with Gasteiger partial charge in [0, 0.05) is 23.6 Å². The second kappa shape index (κ2) is 10.2. The number of amides is 1. The van der Waals surface area contributed by atoms with Gasteiger partial charge in [-0.2, -0.15) is 4.99 Å². The lowest BCUT2D eigenvalue weighted by Crippen LogP contribution is -2.29. The first-order valence-corrected chi connectivity index (χ1v) is 11.6. The minimum absolute atomic E-state index is 0.00563. The summed E-state index contributed by atoms with van der Waals surface area (Å²) < 4.78 is 0. The number of aliphatic imine (C=N–C) groups is 1. The summed E-state index contributed by atoms with van der Waals surface area (Å²) >= 11 is 2.63. The fourth-order valence-corrected chi connectivity index (χ4v) is 4.76. The Labute approximate surface area is 198 Å². The van der Waals surface area contributed by atoms with Crippen molar-refractivity contribution in [1.29, 1.82) is 0 Å². The summed E-state index contributed by atoms with van der Waals surface area (Å²) in [5.41, 5.74) is 2.29. The lowest BCUT2D eigenvalue weighted by atomic mass is 10.1. The predicted octanol–water partition coefficient (Wildman–Crippen LogP) is 6.06. The standard InChI is InChI=1S/C24H18N4O3S2/c1-2-15-27-22(29)21(14-8-12-18-11-6-7-13-20(18)28(30)31)33-24(27)26-23-25-19(16-32-23)17-9-4-3-5-10-17/h2-14,16H,1,15H2/b12-8+,21-14-,26-24+. The summed E-state index contributed by atoms with van der Waals surface area (Å²) in [7, 11) is 0. The van der Waals surface area contributed by atoms with Gasteiger partial charge in [-0.3, -0.25) is 19.8 Å². The molecule has 0 atom stereocenters. The van der Waals surface area contributed by atoms with Crippen LogP contribution in [0.4, 0.5) is 10.8 Å². The van der Waals surface area contributed by atoms with Gasteiger partial charge in [-0.15, -0.1) is 17.9 Å². The van der Waals surface area contributed by atoms with Gasteiger partial charge in [-0.05, 0) is 30.0 Å². The molecule has 0 aliphatic carbocycles. The molecule has 9 heteroatoms. The van der Waals surface area contributed by atoms with Gasteiger partial charge in [0.15, 0.2) is 5.17 Å². The molecular formula is C24H18N4O3S2. The van der Waals surface area contributed by atoms with E-state index in [9.17, 15) is 14.9 Å². The van der Waals surface area contributed by atoms with Crippen LogP contribution in [0, 0.1) is 10.1 Å². The monoisotopic (exact) mass is 474 g/mol. The second-order valence-corrected chi connectivity index (χ2v) is 8.63. The van der Waals surface area contributed by atoms with Gasteiger partial charge in [-0.25, -0.2) is 4.98 Å². The van der Waals surface area contributed by atoms with Crippen molar-refractivity contribution in [3.8, 4) is 11.3 Å². The number of para-hydroxylation sites is 1. The van der Waals surface area contributed by atoms with Crippen molar-refractivity contribution in [2.24, 2.45) is 4.99 Å². The molecule has 2 aromatic carbocycles. The van der Waals surface area contributed by atoms with Crippen LogP contribution in [0.1, 0.15) is 5.56 Å². The Morgan fingerprint density at radius 2 is 1.91 bits per heavy atom. The number of carbonyl (C=O) groups is 1. The van der Waals surface area contributed by atoms with E-state index in [-0.39, 0.29) is 11.6 Å². The average molecular weight is 475 g/mol. The number of nitrogens with zero attached hydrogens (tertiary/aromatic N) is 4. The average Bonchev–Trinajstić information content (AvgIpc) is 3.41. The number of benzene rings is 2. The molecule has 0 saturated carbocycles. The molecule has 3 aromatic rings. The zero-order valence-corrected chi connectivity index (χ0v) is 19.0. The van der Waals surface area contributed by atoms with Crippen LogP contribution in [0.25, 0.3) is 17.3 Å². The molecule has 0 spiro atoms. The molecule has 1 fully saturated rings.